The molecule has 1 atom stereocenters. The van der Waals surface area contributed by atoms with Crippen molar-refractivity contribution in [2.45, 2.75) is 6.04 Å². The van der Waals surface area contributed by atoms with Crippen molar-refractivity contribution in [3.63, 3.8) is 0 Å². The number of benzene rings is 1. The highest BCUT2D eigenvalue weighted by Gasteiger charge is 2.11. The highest BCUT2D eigenvalue weighted by atomic mass is 16.4. The van der Waals surface area contributed by atoms with E-state index in [0.717, 1.165) is 5.56 Å². The van der Waals surface area contributed by atoms with Crippen molar-refractivity contribution in [1.82, 2.24) is 5.32 Å². The van der Waals surface area contributed by atoms with E-state index in [1.54, 1.807) is 6.08 Å². The fourth-order valence-electron chi connectivity index (χ4n) is 1.09. The molecule has 1 aromatic carbocycles. The number of carboxylic acid groups (broad SMARTS) is 1. The number of carbonyl (C=O) groups is 2. The number of hydrogen-bond donors (Lipinski definition) is 3. The van der Waals surface area contributed by atoms with Gasteiger partial charge in [-0.3, -0.25) is 9.59 Å². The standard InChI is InChI=1S/C12H14N2O3/c13-10(12(16)17)8-14-11(15)7-6-9-4-2-1-3-5-9/h1-7,10H,8,13H2,(H,14,15)(H,16,17)/t10-/m0/s1. The zero-order chi connectivity index (χ0) is 12.7. The van der Waals surface area contributed by atoms with Gasteiger partial charge in [0.05, 0.1) is 0 Å². The van der Waals surface area contributed by atoms with Gasteiger partial charge in [-0.25, -0.2) is 0 Å². The quantitative estimate of drug-likeness (QED) is 0.636. The third kappa shape index (κ3) is 4.94. The number of nitrogens with one attached hydrogen (secondary N) is 1. The van der Waals surface area contributed by atoms with E-state index in [-0.39, 0.29) is 12.5 Å². The molecular weight excluding hydrogens is 220 g/mol. The van der Waals surface area contributed by atoms with Gasteiger partial charge in [-0.1, -0.05) is 30.3 Å². The first-order valence-corrected chi connectivity index (χ1v) is 5.09. The summed E-state index contributed by atoms with van der Waals surface area (Å²) in [6.45, 7) is -0.0900. The molecule has 1 aromatic rings. The maximum Gasteiger partial charge on any atom is 0.322 e. The lowest BCUT2D eigenvalue weighted by Gasteiger charge is -2.05. The summed E-state index contributed by atoms with van der Waals surface area (Å²) in [7, 11) is 0. The first-order valence-electron chi connectivity index (χ1n) is 5.09. The molecule has 0 aromatic heterocycles. The Morgan fingerprint density at radius 1 is 1.35 bits per heavy atom. The van der Waals surface area contributed by atoms with E-state index in [4.69, 9.17) is 10.8 Å². The number of amides is 1. The van der Waals surface area contributed by atoms with Gasteiger partial charge in [0.15, 0.2) is 0 Å². The molecule has 0 bridgehead atoms. The fraction of sp³-hybridized carbons (Fsp3) is 0.167. The lowest BCUT2D eigenvalue weighted by molar-refractivity contribution is -0.138. The van der Waals surface area contributed by atoms with Crippen molar-refractivity contribution in [3.05, 3.63) is 42.0 Å². The summed E-state index contributed by atoms with van der Waals surface area (Å²) in [5, 5.41) is 10.9. The van der Waals surface area contributed by atoms with Crippen LogP contribution in [-0.4, -0.2) is 29.6 Å². The van der Waals surface area contributed by atoms with Gasteiger partial charge in [0.2, 0.25) is 5.91 Å². The van der Waals surface area contributed by atoms with Crippen LogP contribution in [0.4, 0.5) is 0 Å². The SMILES string of the molecule is N[C@@H](CNC(=O)C=Cc1ccccc1)C(=O)O. The summed E-state index contributed by atoms with van der Waals surface area (Å²) in [5.41, 5.74) is 6.13. The zero-order valence-corrected chi connectivity index (χ0v) is 9.17. The van der Waals surface area contributed by atoms with Gasteiger partial charge < -0.3 is 16.2 Å². The highest BCUT2D eigenvalue weighted by Crippen LogP contribution is 2.00. The minimum absolute atomic E-state index is 0.0900. The van der Waals surface area contributed by atoms with E-state index in [1.807, 2.05) is 30.3 Å². The maximum absolute atomic E-state index is 11.3. The molecule has 0 radical (unpaired) electrons. The van der Waals surface area contributed by atoms with Crippen LogP contribution in [0.1, 0.15) is 5.56 Å². The van der Waals surface area contributed by atoms with Crippen LogP contribution in [0.5, 0.6) is 0 Å². The van der Waals surface area contributed by atoms with Gasteiger partial charge in [-0.15, -0.1) is 0 Å². The van der Waals surface area contributed by atoms with Crippen LogP contribution in [0.2, 0.25) is 0 Å². The third-order valence-corrected chi connectivity index (χ3v) is 2.04. The summed E-state index contributed by atoms with van der Waals surface area (Å²) in [6, 6.07) is 8.22. The molecular formula is C12H14N2O3. The van der Waals surface area contributed by atoms with Gasteiger partial charge in [0, 0.05) is 12.6 Å². The van der Waals surface area contributed by atoms with Crippen LogP contribution in [0.15, 0.2) is 36.4 Å². The summed E-state index contributed by atoms with van der Waals surface area (Å²) < 4.78 is 0. The van der Waals surface area contributed by atoms with Crippen LogP contribution in [-0.2, 0) is 9.59 Å². The molecule has 0 fully saturated rings. The molecule has 17 heavy (non-hydrogen) atoms. The second kappa shape index (κ2) is 6.44. The van der Waals surface area contributed by atoms with Gasteiger partial charge in [0.1, 0.15) is 6.04 Å². The Hall–Kier alpha value is -2.14. The molecule has 0 unspecified atom stereocenters. The minimum atomic E-state index is -1.14. The van der Waals surface area contributed by atoms with Crippen molar-refractivity contribution in [2.24, 2.45) is 5.73 Å². The van der Waals surface area contributed by atoms with Gasteiger partial charge in [-0.2, -0.15) is 0 Å². The van der Waals surface area contributed by atoms with Gasteiger partial charge >= 0.3 is 5.97 Å². The first kappa shape index (κ1) is 12.9. The third-order valence-electron chi connectivity index (χ3n) is 2.04. The molecule has 0 aliphatic rings. The largest absolute Gasteiger partial charge is 0.480 e. The van der Waals surface area contributed by atoms with Crippen LogP contribution in [0, 0.1) is 0 Å². The summed E-state index contributed by atoms with van der Waals surface area (Å²) in [6.07, 6.45) is 2.98. The predicted molar refractivity (Wildman–Crippen MR) is 64.1 cm³/mol. The molecule has 5 heteroatoms. The predicted octanol–water partition coefficient (Wildman–Crippen LogP) is 0.228. The molecule has 0 aliphatic heterocycles. The molecule has 0 saturated heterocycles. The van der Waals surface area contributed by atoms with E-state index in [1.165, 1.54) is 6.08 Å². The molecule has 1 rings (SSSR count). The Morgan fingerprint density at radius 3 is 2.59 bits per heavy atom. The fourth-order valence-corrected chi connectivity index (χ4v) is 1.09. The lowest BCUT2D eigenvalue weighted by atomic mass is 10.2. The number of carboxylic acids is 1. The normalized spacial score (nSPS) is 12.3. The zero-order valence-electron chi connectivity index (χ0n) is 9.17. The number of carbonyl (C=O) groups excluding carboxylic acids is 1. The van der Waals surface area contributed by atoms with Crippen molar-refractivity contribution < 1.29 is 14.7 Å². The molecule has 90 valence electrons. The Bertz CT molecular complexity index is 415. The van der Waals surface area contributed by atoms with E-state index in [9.17, 15) is 9.59 Å². The summed E-state index contributed by atoms with van der Waals surface area (Å²) in [5.74, 6) is -1.51. The van der Waals surface area contributed by atoms with E-state index in [2.05, 4.69) is 5.32 Å². The highest BCUT2D eigenvalue weighted by molar-refractivity contribution is 5.92. The average Bonchev–Trinajstić information content (AvgIpc) is 2.34. The second-order valence-electron chi connectivity index (χ2n) is 3.43. The minimum Gasteiger partial charge on any atom is -0.480 e. The molecule has 4 N–H and O–H groups in total. The van der Waals surface area contributed by atoms with E-state index < -0.39 is 12.0 Å². The van der Waals surface area contributed by atoms with Crippen LogP contribution in [0.25, 0.3) is 6.08 Å². The molecule has 0 spiro atoms. The van der Waals surface area contributed by atoms with Crippen molar-refractivity contribution in [1.29, 1.82) is 0 Å². The first-order chi connectivity index (χ1) is 8.09. The van der Waals surface area contributed by atoms with E-state index >= 15 is 0 Å². The molecule has 1 amide bonds. The average molecular weight is 234 g/mol. The number of nitrogens with two attached hydrogens (primary N) is 1. The monoisotopic (exact) mass is 234 g/mol. The Kier molecular flexibility index (Phi) is 4.90. The van der Waals surface area contributed by atoms with Crippen molar-refractivity contribution in [2.75, 3.05) is 6.54 Å². The Morgan fingerprint density at radius 2 is 2.00 bits per heavy atom. The molecule has 0 aliphatic carbocycles. The Balaban J connectivity index is 2.40. The molecule has 5 nitrogen and oxygen atoms in total. The van der Waals surface area contributed by atoms with E-state index in [0.29, 0.717) is 0 Å². The van der Waals surface area contributed by atoms with Crippen molar-refractivity contribution in [3.8, 4) is 0 Å². The molecule has 0 saturated carbocycles. The number of rotatable bonds is 5. The maximum atomic E-state index is 11.3. The van der Waals surface area contributed by atoms with Crippen molar-refractivity contribution >= 4 is 18.0 Å². The summed E-state index contributed by atoms with van der Waals surface area (Å²) in [4.78, 5) is 21.7. The van der Waals surface area contributed by atoms with Crippen LogP contribution >= 0.6 is 0 Å². The topological polar surface area (TPSA) is 92.4 Å². The van der Waals surface area contributed by atoms with Crippen LogP contribution < -0.4 is 11.1 Å². The van der Waals surface area contributed by atoms with Crippen LogP contribution in [0.3, 0.4) is 0 Å². The number of hydrogen-bond acceptors (Lipinski definition) is 3. The summed E-state index contributed by atoms with van der Waals surface area (Å²) >= 11 is 0. The lowest BCUT2D eigenvalue weighted by Crippen LogP contribution is -2.41. The van der Waals surface area contributed by atoms with Gasteiger partial charge in [0.25, 0.3) is 0 Å². The smallest absolute Gasteiger partial charge is 0.322 e. The second-order valence-corrected chi connectivity index (χ2v) is 3.43. The van der Waals surface area contributed by atoms with Gasteiger partial charge in [-0.05, 0) is 11.6 Å². The molecule has 0 heterocycles. The number of aliphatic carboxylic acids is 1. The Labute approximate surface area is 98.9 Å².